The van der Waals surface area contributed by atoms with Crippen molar-refractivity contribution >= 4 is 35.4 Å². The molecule has 1 fully saturated rings. The molecular formula is C15H27N4O2S+. The molecule has 0 aliphatic carbocycles. The second-order valence-electron chi connectivity index (χ2n) is 5.19. The van der Waals surface area contributed by atoms with E-state index in [1.807, 2.05) is 13.8 Å². The van der Waals surface area contributed by atoms with Crippen molar-refractivity contribution in [2.24, 2.45) is 10.9 Å². The molecule has 1 saturated heterocycles. The fraction of sp³-hybridized carbons (Fsp3) is 0.733. The van der Waals surface area contributed by atoms with Gasteiger partial charge in [0.25, 0.3) is 0 Å². The minimum absolute atomic E-state index is 0.263. The molecule has 7 heteroatoms. The van der Waals surface area contributed by atoms with Gasteiger partial charge in [-0.05, 0) is 39.9 Å². The van der Waals surface area contributed by atoms with Crippen LogP contribution >= 0.6 is 12.2 Å². The lowest BCUT2D eigenvalue weighted by molar-refractivity contribution is -0.894. The third kappa shape index (κ3) is 4.10. The summed E-state index contributed by atoms with van der Waals surface area (Å²) in [5.41, 5.74) is 0. The summed E-state index contributed by atoms with van der Waals surface area (Å²) in [6.07, 6.45) is 1.50. The van der Waals surface area contributed by atoms with Crippen LogP contribution in [0.1, 0.15) is 27.7 Å². The molecule has 2 amide bonds. The monoisotopic (exact) mass is 327 g/mol. The Labute approximate surface area is 138 Å². The van der Waals surface area contributed by atoms with Crippen LogP contribution in [0.2, 0.25) is 0 Å². The maximum absolute atomic E-state index is 12.4. The molecule has 1 heterocycles. The molecule has 0 unspecified atom stereocenters. The van der Waals surface area contributed by atoms with Crippen molar-refractivity contribution in [3.05, 3.63) is 0 Å². The molecule has 0 saturated carbocycles. The summed E-state index contributed by atoms with van der Waals surface area (Å²) in [5.74, 6) is -1.36. The molecule has 0 aromatic rings. The maximum atomic E-state index is 12.4. The minimum Gasteiger partial charge on any atom is -0.334 e. The Morgan fingerprint density at radius 3 is 2.00 bits per heavy atom. The smallest absolute Gasteiger partial charge is 0.246 e. The van der Waals surface area contributed by atoms with E-state index in [0.29, 0.717) is 24.7 Å². The number of nitrogens with zero attached hydrogens (tertiary/aromatic N) is 3. The zero-order chi connectivity index (χ0) is 16.7. The van der Waals surface area contributed by atoms with Crippen molar-refractivity contribution in [3.63, 3.8) is 0 Å². The van der Waals surface area contributed by atoms with Crippen molar-refractivity contribution in [2.45, 2.75) is 27.7 Å². The van der Waals surface area contributed by atoms with Gasteiger partial charge in [-0.25, -0.2) is 0 Å². The van der Waals surface area contributed by atoms with E-state index in [1.165, 1.54) is 20.9 Å². The lowest BCUT2D eigenvalue weighted by Gasteiger charge is -2.37. The Kier molecular flexibility index (Phi) is 7.61. The lowest BCUT2D eigenvalue weighted by atomic mass is 10.1. The fourth-order valence-corrected chi connectivity index (χ4v) is 2.93. The normalized spacial score (nSPS) is 17.4. The van der Waals surface area contributed by atoms with Gasteiger partial charge in [0.05, 0.1) is 26.2 Å². The Hall–Kier alpha value is -1.34. The van der Waals surface area contributed by atoms with E-state index in [1.54, 1.807) is 0 Å². The first-order valence-electron chi connectivity index (χ1n) is 8.01. The largest absolute Gasteiger partial charge is 0.334 e. The summed E-state index contributed by atoms with van der Waals surface area (Å²) in [5, 5.41) is 0.303. The van der Waals surface area contributed by atoms with E-state index >= 15 is 0 Å². The molecule has 0 atom stereocenters. The first-order valence-corrected chi connectivity index (χ1v) is 8.42. The van der Waals surface area contributed by atoms with Gasteiger partial charge in [-0.3, -0.25) is 24.4 Å². The highest BCUT2D eigenvalue weighted by Crippen LogP contribution is 2.16. The van der Waals surface area contributed by atoms with E-state index in [9.17, 15) is 9.59 Å². The number of rotatable bonds is 8. The average Bonchev–Trinajstić information content (AvgIpc) is 2.51. The fourth-order valence-electron chi connectivity index (χ4n) is 2.49. The molecule has 0 aromatic heterocycles. The Morgan fingerprint density at radius 2 is 1.59 bits per heavy atom. The molecule has 0 spiro atoms. The molecule has 6 nitrogen and oxygen atoms in total. The topological polar surface area (TPSA) is 57.4 Å². The van der Waals surface area contributed by atoms with Crippen molar-refractivity contribution in [1.82, 2.24) is 9.80 Å². The zero-order valence-corrected chi connectivity index (χ0v) is 14.8. The summed E-state index contributed by atoms with van der Waals surface area (Å²) in [4.78, 5) is 33.5. The number of likely N-dealkylation sites (N-methyl/N-ethyl adjacent to an activating group) is 1. The number of carbonyl (C=O) groups excluding carboxylic acids is 2. The van der Waals surface area contributed by atoms with Gasteiger partial charge in [0.2, 0.25) is 11.8 Å². The third-order valence-corrected chi connectivity index (χ3v) is 4.45. The number of amides is 2. The first-order chi connectivity index (χ1) is 10.5. The predicted molar refractivity (Wildman–Crippen MR) is 91.1 cm³/mol. The van der Waals surface area contributed by atoms with Gasteiger partial charge in [0.15, 0.2) is 11.0 Å². The van der Waals surface area contributed by atoms with Crippen LogP contribution in [0.3, 0.4) is 0 Å². The van der Waals surface area contributed by atoms with Gasteiger partial charge >= 0.3 is 0 Å². The van der Waals surface area contributed by atoms with Crippen LogP contribution in [0.4, 0.5) is 0 Å². The molecule has 1 aliphatic rings. The molecule has 1 N–H and O–H groups in total. The molecule has 0 bridgehead atoms. The summed E-state index contributed by atoms with van der Waals surface area (Å²) in [6, 6.07) is 0. The number of nitrogens with one attached hydrogen (secondary N) is 1. The predicted octanol–water partition coefficient (Wildman–Crippen LogP) is -0.406. The molecule has 0 radical (unpaired) electrons. The Balaban J connectivity index is 2.76. The van der Waals surface area contributed by atoms with Crippen LogP contribution < -0.4 is 4.90 Å². The van der Waals surface area contributed by atoms with Gasteiger partial charge in [-0.2, -0.15) is 0 Å². The Bertz CT molecular complexity index is 423. The van der Waals surface area contributed by atoms with Crippen LogP contribution in [-0.2, 0) is 9.59 Å². The van der Waals surface area contributed by atoms with Gasteiger partial charge in [0.1, 0.15) is 0 Å². The van der Waals surface area contributed by atoms with Crippen LogP contribution in [-0.4, -0.2) is 72.2 Å². The third-order valence-electron chi connectivity index (χ3n) is 4.01. The summed E-state index contributed by atoms with van der Waals surface area (Å²) in [6.45, 7) is 12.5. The van der Waals surface area contributed by atoms with E-state index in [-0.39, 0.29) is 11.8 Å². The number of carbonyl (C=O) groups is 2. The number of hydrogen-bond acceptors (Lipinski definition) is 4. The second-order valence-corrected chi connectivity index (χ2v) is 5.55. The minimum atomic E-state index is -0.835. The molecule has 0 aromatic carbocycles. The summed E-state index contributed by atoms with van der Waals surface area (Å²) in [7, 11) is 0. The average molecular weight is 327 g/mol. The lowest BCUT2D eigenvalue weighted by Crippen LogP contribution is -3.11. The number of hydrogen-bond donors (Lipinski definition) is 1. The molecule has 22 heavy (non-hydrogen) atoms. The zero-order valence-electron chi connectivity index (χ0n) is 14.0. The van der Waals surface area contributed by atoms with Crippen LogP contribution in [0.5, 0.6) is 0 Å². The van der Waals surface area contributed by atoms with Crippen molar-refractivity contribution in [3.8, 4) is 0 Å². The summed E-state index contributed by atoms with van der Waals surface area (Å²) < 4.78 is 0. The second kappa shape index (κ2) is 8.95. The van der Waals surface area contributed by atoms with Crippen LogP contribution in [0.15, 0.2) is 4.99 Å². The van der Waals surface area contributed by atoms with E-state index in [2.05, 4.69) is 18.8 Å². The quantitative estimate of drug-likeness (QED) is 0.375. The standard InChI is InChI=1S/C15H26N4O2S/c1-5-17(6-2)10-9-16-11-12-13(20)18(7-3)15(22)19(8-4)14(12)21/h11-12H,5-10H2,1-4H3/p+1. The maximum Gasteiger partial charge on any atom is 0.246 e. The van der Waals surface area contributed by atoms with Crippen LogP contribution in [0, 0.1) is 5.92 Å². The van der Waals surface area contributed by atoms with Gasteiger partial charge in [-0.15, -0.1) is 0 Å². The molecule has 1 rings (SSSR count). The highest BCUT2D eigenvalue weighted by atomic mass is 32.1. The van der Waals surface area contributed by atoms with Crippen LogP contribution in [0.25, 0.3) is 0 Å². The Morgan fingerprint density at radius 1 is 1.09 bits per heavy atom. The number of aliphatic imine (C=N–C) groups is 1. The van der Waals surface area contributed by atoms with E-state index in [4.69, 9.17) is 12.2 Å². The van der Waals surface area contributed by atoms with Gasteiger partial charge < -0.3 is 4.90 Å². The van der Waals surface area contributed by atoms with E-state index in [0.717, 1.165) is 19.6 Å². The van der Waals surface area contributed by atoms with Gasteiger partial charge in [-0.1, -0.05) is 0 Å². The highest BCUT2D eigenvalue weighted by Gasteiger charge is 2.41. The van der Waals surface area contributed by atoms with Crippen molar-refractivity contribution < 1.29 is 14.5 Å². The SMILES string of the molecule is CCN1C(=O)C(C=NCC[NH+](CC)CC)C(=O)N(CC)C1=S. The summed E-state index contributed by atoms with van der Waals surface area (Å²) >= 11 is 5.22. The van der Waals surface area contributed by atoms with Gasteiger partial charge in [0, 0.05) is 19.3 Å². The van der Waals surface area contributed by atoms with Crippen molar-refractivity contribution in [2.75, 3.05) is 39.3 Å². The first kappa shape index (κ1) is 18.7. The highest BCUT2D eigenvalue weighted by molar-refractivity contribution is 7.80. The molecular weight excluding hydrogens is 300 g/mol. The van der Waals surface area contributed by atoms with Crippen molar-refractivity contribution in [1.29, 1.82) is 0 Å². The number of thiocarbonyl (C=S) groups is 1. The number of quaternary nitrogens is 1. The molecule has 1 aliphatic heterocycles. The molecule has 124 valence electrons. The van der Waals surface area contributed by atoms with E-state index < -0.39 is 5.92 Å².